The van der Waals surface area contributed by atoms with E-state index in [4.69, 9.17) is 0 Å². The van der Waals surface area contributed by atoms with Gasteiger partial charge in [-0.3, -0.25) is 9.78 Å². The summed E-state index contributed by atoms with van der Waals surface area (Å²) in [5, 5.41) is 0.729. The second-order valence-corrected chi connectivity index (χ2v) is 6.71. The van der Waals surface area contributed by atoms with Gasteiger partial charge in [0.05, 0.1) is 5.52 Å². The van der Waals surface area contributed by atoms with Gasteiger partial charge in [-0.1, -0.05) is 18.2 Å². The zero-order valence-electron chi connectivity index (χ0n) is 13.9. The summed E-state index contributed by atoms with van der Waals surface area (Å²) in [5.41, 5.74) is 2.06. The van der Waals surface area contributed by atoms with Gasteiger partial charge in [0.25, 0.3) is 5.91 Å². The number of aromatic amines is 1. The van der Waals surface area contributed by atoms with Crippen LogP contribution in [0.25, 0.3) is 10.9 Å². The summed E-state index contributed by atoms with van der Waals surface area (Å²) in [6.45, 7) is 1.48. The van der Waals surface area contributed by atoms with Crippen molar-refractivity contribution < 1.29 is 9.18 Å². The van der Waals surface area contributed by atoms with Gasteiger partial charge in [0.1, 0.15) is 11.5 Å². The van der Waals surface area contributed by atoms with E-state index in [1.165, 1.54) is 11.6 Å². The molecule has 0 saturated carbocycles. The standard InChI is InChI=1S/C20H20FN3O/c21-17-7-1-6-16-11-18(23-19(16)17)20(25)24-9-3-5-15(13-24)10-14-4-2-8-22-12-14/h1-2,4,6-8,11-12,15,23H,3,5,9-10,13H2. The number of amides is 1. The van der Waals surface area contributed by atoms with Crippen LogP contribution in [0.15, 0.2) is 48.8 Å². The van der Waals surface area contributed by atoms with Crippen LogP contribution >= 0.6 is 0 Å². The summed E-state index contributed by atoms with van der Waals surface area (Å²) in [4.78, 5) is 21.8. The average molecular weight is 337 g/mol. The van der Waals surface area contributed by atoms with Crippen molar-refractivity contribution in [3.8, 4) is 0 Å². The largest absolute Gasteiger partial charge is 0.348 e. The van der Waals surface area contributed by atoms with Gasteiger partial charge in [-0.25, -0.2) is 4.39 Å². The molecule has 4 nitrogen and oxygen atoms in total. The number of hydrogen-bond acceptors (Lipinski definition) is 2. The number of hydrogen-bond donors (Lipinski definition) is 1. The number of nitrogens with zero attached hydrogens (tertiary/aromatic N) is 2. The predicted molar refractivity (Wildman–Crippen MR) is 94.8 cm³/mol. The molecule has 1 N–H and O–H groups in total. The predicted octanol–water partition coefficient (Wildman–Crippen LogP) is 3.80. The highest BCUT2D eigenvalue weighted by Crippen LogP contribution is 2.24. The van der Waals surface area contributed by atoms with Crippen molar-refractivity contribution in [2.24, 2.45) is 5.92 Å². The number of carbonyl (C=O) groups excluding carboxylic acids is 1. The minimum Gasteiger partial charge on any atom is -0.348 e. The van der Waals surface area contributed by atoms with Gasteiger partial charge in [0.15, 0.2) is 0 Å². The minimum atomic E-state index is -0.329. The Bertz CT molecular complexity index is 890. The van der Waals surface area contributed by atoms with Gasteiger partial charge >= 0.3 is 0 Å². The smallest absolute Gasteiger partial charge is 0.270 e. The number of likely N-dealkylation sites (tertiary alicyclic amines) is 1. The van der Waals surface area contributed by atoms with E-state index in [0.717, 1.165) is 37.7 Å². The van der Waals surface area contributed by atoms with Crippen LogP contribution in [-0.2, 0) is 6.42 Å². The van der Waals surface area contributed by atoms with Gasteiger partial charge in [0.2, 0.25) is 0 Å². The van der Waals surface area contributed by atoms with E-state index in [-0.39, 0.29) is 11.7 Å². The maximum absolute atomic E-state index is 13.8. The van der Waals surface area contributed by atoms with E-state index in [0.29, 0.717) is 17.1 Å². The molecular formula is C20H20FN3O. The normalized spacial score (nSPS) is 17.8. The number of pyridine rings is 1. The molecule has 1 unspecified atom stereocenters. The molecular weight excluding hydrogens is 317 g/mol. The first-order valence-corrected chi connectivity index (χ1v) is 8.66. The molecule has 1 aliphatic heterocycles. The summed E-state index contributed by atoms with van der Waals surface area (Å²) in [5.74, 6) is 0.0548. The molecule has 1 amide bonds. The Labute approximate surface area is 145 Å². The van der Waals surface area contributed by atoms with E-state index >= 15 is 0 Å². The molecule has 4 rings (SSSR count). The Morgan fingerprint density at radius 1 is 1.32 bits per heavy atom. The van der Waals surface area contributed by atoms with Gasteiger partial charge in [0, 0.05) is 30.9 Å². The fourth-order valence-electron chi connectivity index (χ4n) is 3.67. The number of halogens is 1. The van der Waals surface area contributed by atoms with Crippen LogP contribution in [0.5, 0.6) is 0 Å². The summed E-state index contributed by atoms with van der Waals surface area (Å²) in [6.07, 6.45) is 6.70. The SMILES string of the molecule is O=C(c1cc2cccc(F)c2[nH]1)N1CCCC(Cc2cccnc2)C1. The third-order valence-corrected chi connectivity index (χ3v) is 4.89. The molecule has 0 bridgehead atoms. The van der Waals surface area contributed by atoms with Crippen molar-refractivity contribution in [1.82, 2.24) is 14.9 Å². The number of piperidine rings is 1. The maximum atomic E-state index is 13.8. The highest BCUT2D eigenvalue weighted by molar-refractivity contribution is 5.98. The number of rotatable bonds is 3. The molecule has 3 heterocycles. The molecule has 1 atom stereocenters. The Morgan fingerprint density at radius 2 is 2.24 bits per heavy atom. The molecule has 1 fully saturated rings. The first-order chi connectivity index (χ1) is 12.2. The van der Waals surface area contributed by atoms with Gasteiger partial charge < -0.3 is 9.88 Å². The molecule has 0 spiro atoms. The van der Waals surface area contributed by atoms with Crippen LogP contribution in [0.4, 0.5) is 4.39 Å². The minimum absolute atomic E-state index is 0.0495. The van der Waals surface area contributed by atoms with E-state index < -0.39 is 0 Å². The van der Waals surface area contributed by atoms with Crippen LogP contribution in [-0.4, -0.2) is 33.9 Å². The highest BCUT2D eigenvalue weighted by atomic mass is 19.1. The monoisotopic (exact) mass is 337 g/mol. The zero-order valence-corrected chi connectivity index (χ0v) is 13.9. The van der Waals surface area contributed by atoms with Gasteiger partial charge in [-0.2, -0.15) is 0 Å². The fraction of sp³-hybridized carbons (Fsp3) is 0.300. The summed E-state index contributed by atoms with van der Waals surface area (Å²) >= 11 is 0. The second kappa shape index (κ2) is 6.67. The van der Waals surface area contributed by atoms with Crippen LogP contribution in [0.2, 0.25) is 0 Å². The summed E-state index contributed by atoms with van der Waals surface area (Å²) < 4.78 is 13.8. The lowest BCUT2D eigenvalue weighted by molar-refractivity contribution is 0.0668. The molecule has 128 valence electrons. The first kappa shape index (κ1) is 15.8. The lowest BCUT2D eigenvalue weighted by Crippen LogP contribution is -2.40. The molecule has 3 aromatic rings. The average Bonchev–Trinajstić information content (AvgIpc) is 3.08. The summed E-state index contributed by atoms with van der Waals surface area (Å²) in [6, 6.07) is 10.6. The highest BCUT2D eigenvalue weighted by Gasteiger charge is 2.25. The number of carbonyl (C=O) groups is 1. The Kier molecular flexibility index (Phi) is 4.22. The maximum Gasteiger partial charge on any atom is 0.270 e. The molecule has 0 radical (unpaired) electrons. The number of H-pyrrole nitrogens is 1. The number of para-hydroxylation sites is 1. The molecule has 1 saturated heterocycles. The summed E-state index contributed by atoms with van der Waals surface area (Å²) in [7, 11) is 0. The second-order valence-electron chi connectivity index (χ2n) is 6.71. The van der Waals surface area contributed by atoms with Crippen molar-refractivity contribution in [2.75, 3.05) is 13.1 Å². The van der Waals surface area contributed by atoms with Gasteiger partial charge in [-0.15, -0.1) is 0 Å². The number of nitrogens with one attached hydrogen (secondary N) is 1. The fourth-order valence-corrected chi connectivity index (χ4v) is 3.67. The Balaban J connectivity index is 1.50. The van der Waals surface area contributed by atoms with Crippen molar-refractivity contribution in [3.63, 3.8) is 0 Å². The molecule has 0 aliphatic carbocycles. The van der Waals surface area contributed by atoms with Crippen LogP contribution < -0.4 is 0 Å². The molecule has 1 aromatic carbocycles. The van der Waals surface area contributed by atoms with Crippen LogP contribution in [0.1, 0.15) is 28.9 Å². The lowest BCUT2D eigenvalue weighted by Gasteiger charge is -2.32. The number of benzene rings is 1. The first-order valence-electron chi connectivity index (χ1n) is 8.66. The van der Waals surface area contributed by atoms with E-state index in [1.807, 2.05) is 23.2 Å². The number of fused-ring (bicyclic) bond motifs is 1. The van der Waals surface area contributed by atoms with E-state index in [9.17, 15) is 9.18 Å². The van der Waals surface area contributed by atoms with Crippen LogP contribution in [0.3, 0.4) is 0 Å². The van der Waals surface area contributed by atoms with Crippen molar-refractivity contribution in [3.05, 3.63) is 65.9 Å². The Hall–Kier alpha value is -2.69. The lowest BCUT2D eigenvalue weighted by atomic mass is 9.92. The van der Waals surface area contributed by atoms with Crippen molar-refractivity contribution >= 4 is 16.8 Å². The molecule has 2 aromatic heterocycles. The van der Waals surface area contributed by atoms with Crippen molar-refractivity contribution in [2.45, 2.75) is 19.3 Å². The third kappa shape index (κ3) is 3.27. The zero-order chi connectivity index (χ0) is 17.2. The van der Waals surface area contributed by atoms with Crippen LogP contribution in [0, 0.1) is 11.7 Å². The van der Waals surface area contributed by atoms with E-state index in [2.05, 4.69) is 16.0 Å². The van der Waals surface area contributed by atoms with Crippen molar-refractivity contribution in [1.29, 1.82) is 0 Å². The Morgan fingerprint density at radius 3 is 3.04 bits per heavy atom. The van der Waals surface area contributed by atoms with Gasteiger partial charge in [-0.05, 0) is 48.9 Å². The van der Waals surface area contributed by atoms with E-state index in [1.54, 1.807) is 18.3 Å². The third-order valence-electron chi connectivity index (χ3n) is 4.89. The molecule has 1 aliphatic rings. The molecule has 25 heavy (non-hydrogen) atoms. The topological polar surface area (TPSA) is 49.0 Å². The molecule has 5 heteroatoms. The quantitative estimate of drug-likeness (QED) is 0.790. The number of aromatic nitrogens is 2.